The molecule has 88 valence electrons. The van der Waals surface area contributed by atoms with Crippen molar-refractivity contribution in [1.82, 2.24) is 10.2 Å². The Balaban J connectivity index is 1.71. The lowest BCUT2D eigenvalue weighted by Crippen LogP contribution is -2.32. The third kappa shape index (κ3) is 1.86. The van der Waals surface area contributed by atoms with Crippen LogP contribution < -0.4 is 5.32 Å². The Hall–Kier alpha value is 0.100. The van der Waals surface area contributed by atoms with Gasteiger partial charge in [0.15, 0.2) is 0 Å². The molecule has 3 heterocycles. The van der Waals surface area contributed by atoms with Gasteiger partial charge in [-0.25, -0.2) is 0 Å². The first kappa shape index (κ1) is 11.2. The Morgan fingerprint density at radius 2 is 2.44 bits per heavy atom. The molecule has 0 aliphatic carbocycles. The van der Waals surface area contributed by atoms with E-state index >= 15 is 0 Å². The molecule has 2 aliphatic rings. The van der Waals surface area contributed by atoms with Crippen LogP contribution in [0.15, 0.2) is 15.9 Å². The first-order valence-electron chi connectivity index (χ1n) is 5.92. The smallest absolute Gasteiger partial charge is 0.0342 e. The quantitative estimate of drug-likeness (QED) is 0.903. The van der Waals surface area contributed by atoms with Crippen molar-refractivity contribution in [3.8, 4) is 0 Å². The SMILES string of the molecule is CC1C2CNCC2CN1Cc1sccc1Br. The molecule has 16 heavy (non-hydrogen) atoms. The highest BCUT2D eigenvalue weighted by atomic mass is 79.9. The number of thiophene rings is 1. The van der Waals surface area contributed by atoms with E-state index in [-0.39, 0.29) is 0 Å². The van der Waals surface area contributed by atoms with E-state index in [9.17, 15) is 0 Å². The minimum Gasteiger partial charge on any atom is -0.316 e. The zero-order chi connectivity index (χ0) is 11.1. The van der Waals surface area contributed by atoms with E-state index in [1.807, 2.05) is 11.3 Å². The van der Waals surface area contributed by atoms with Crippen molar-refractivity contribution < 1.29 is 0 Å². The number of fused-ring (bicyclic) bond motifs is 1. The van der Waals surface area contributed by atoms with E-state index in [0.717, 1.165) is 24.4 Å². The topological polar surface area (TPSA) is 15.3 Å². The molecule has 2 aliphatic heterocycles. The summed E-state index contributed by atoms with van der Waals surface area (Å²) in [7, 11) is 0. The lowest BCUT2D eigenvalue weighted by atomic mass is 9.95. The average Bonchev–Trinajstić information content (AvgIpc) is 2.91. The minimum absolute atomic E-state index is 0.731. The second-order valence-electron chi connectivity index (χ2n) is 4.94. The second kappa shape index (κ2) is 4.41. The summed E-state index contributed by atoms with van der Waals surface area (Å²) in [4.78, 5) is 4.12. The van der Waals surface area contributed by atoms with Crippen LogP contribution in [0.25, 0.3) is 0 Å². The Bertz CT molecular complexity index is 379. The molecular formula is C12H17BrN2S. The van der Waals surface area contributed by atoms with Crippen molar-refractivity contribution in [3.05, 3.63) is 20.8 Å². The summed E-state index contributed by atoms with van der Waals surface area (Å²) in [6.07, 6.45) is 0. The molecule has 0 radical (unpaired) electrons. The van der Waals surface area contributed by atoms with Gasteiger partial charge in [-0.3, -0.25) is 4.90 Å². The predicted octanol–water partition coefficient (Wildman–Crippen LogP) is 2.55. The van der Waals surface area contributed by atoms with E-state index in [4.69, 9.17) is 0 Å². The van der Waals surface area contributed by atoms with Crippen LogP contribution in [0.5, 0.6) is 0 Å². The molecule has 0 bridgehead atoms. The first-order chi connectivity index (χ1) is 7.75. The molecule has 3 rings (SSSR count). The molecule has 2 nitrogen and oxygen atoms in total. The molecule has 1 aromatic heterocycles. The van der Waals surface area contributed by atoms with E-state index in [1.165, 1.54) is 29.0 Å². The van der Waals surface area contributed by atoms with E-state index in [2.05, 4.69) is 44.5 Å². The van der Waals surface area contributed by atoms with Crippen LogP contribution in [0.2, 0.25) is 0 Å². The molecule has 3 unspecified atom stereocenters. The highest BCUT2D eigenvalue weighted by molar-refractivity contribution is 9.10. The van der Waals surface area contributed by atoms with Crippen LogP contribution in [-0.2, 0) is 6.54 Å². The maximum absolute atomic E-state index is 3.63. The Labute approximate surface area is 109 Å². The summed E-state index contributed by atoms with van der Waals surface area (Å²) >= 11 is 5.49. The van der Waals surface area contributed by atoms with Crippen LogP contribution in [0.4, 0.5) is 0 Å². The van der Waals surface area contributed by atoms with E-state index in [1.54, 1.807) is 0 Å². The third-order valence-electron chi connectivity index (χ3n) is 4.09. The van der Waals surface area contributed by atoms with Crippen LogP contribution >= 0.6 is 27.3 Å². The molecule has 0 saturated carbocycles. The van der Waals surface area contributed by atoms with Crippen LogP contribution in [-0.4, -0.2) is 30.6 Å². The molecule has 0 aromatic carbocycles. The molecule has 2 saturated heterocycles. The molecular weight excluding hydrogens is 284 g/mol. The van der Waals surface area contributed by atoms with Gasteiger partial charge in [-0.05, 0) is 59.2 Å². The Morgan fingerprint density at radius 1 is 1.56 bits per heavy atom. The predicted molar refractivity (Wildman–Crippen MR) is 71.7 cm³/mol. The van der Waals surface area contributed by atoms with E-state index < -0.39 is 0 Å². The van der Waals surface area contributed by atoms with Gasteiger partial charge in [0.05, 0.1) is 0 Å². The van der Waals surface area contributed by atoms with Crippen LogP contribution in [0, 0.1) is 11.8 Å². The molecule has 4 heteroatoms. The average molecular weight is 301 g/mol. The summed E-state index contributed by atoms with van der Waals surface area (Å²) in [6.45, 7) is 7.21. The van der Waals surface area contributed by atoms with Gasteiger partial charge in [0.2, 0.25) is 0 Å². The number of rotatable bonds is 2. The van der Waals surface area contributed by atoms with Crippen LogP contribution in [0.1, 0.15) is 11.8 Å². The van der Waals surface area contributed by atoms with Gasteiger partial charge in [0.1, 0.15) is 0 Å². The van der Waals surface area contributed by atoms with Gasteiger partial charge in [0, 0.05) is 28.5 Å². The maximum Gasteiger partial charge on any atom is 0.0342 e. The normalized spacial score (nSPS) is 34.5. The highest BCUT2D eigenvalue weighted by Crippen LogP contribution is 2.35. The maximum atomic E-state index is 3.63. The number of halogens is 1. The van der Waals surface area contributed by atoms with Crippen LogP contribution in [0.3, 0.4) is 0 Å². The van der Waals surface area contributed by atoms with Gasteiger partial charge in [-0.15, -0.1) is 11.3 Å². The fourth-order valence-electron chi connectivity index (χ4n) is 3.09. The molecule has 0 amide bonds. The highest BCUT2D eigenvalue weighted by Gasteiger charge is 2.41. The first-order valence-corrected chi connectivity index (χ1v) is 7.59. The largest absolute Gasteiger partial charge is 0.316 e. The fourth-order valence-corrected chi connectivity index (χ4v) is 4.59. The van der Waals surface area contributed by atoms with Crippen molar-refractivity contribution in [2.45, 2.75) is 19.5 Å². The molecule has 1 N–H and O–H groups in total. The monoisotopic (exact) mass is 300 g/mol. The summed E-state index contributed by atoms with van der Waals surface area (Å²) in [5.74, 6) is 1.76. The number of nitrogens with zero attached hydrogens (tertiary/aromatic N) is 1. The molecule has 1 aromatic rings. The standard InChI is InChI=1S/C12H17BrN2S/c1-8-10-5-14-4-9(10)6-15(8)7-12-11(13)2-3-16-12/h2-3,8-10,14H,4-7H2,1H3. The lowest BCUT2D eigenvalue weighted by Gasteiger charge is -2.23. The summed E-state index contributed by atoms with van der Waals surface area (Å²) in [5.41, 5.74) is 0. The van der Waals surface area contributed by atoms with Crippen molar-refractivity contribution in [3.63, 3.8) is 0 Å². The number of nitrogens with one attached hydrogen (secondary N) is 1. The Morgan fingerprint density at radius 3 is 3.12 bits per heavy atom. The van der Waals surface area contributed by atoms with Crippen molar-refractivity contribution in [2.24, 2.45) is 11.8 Å². The number of hydrogen-bond acceptors (Lipinski definition) is 3. The number of hydrogen-bond donors (Lipinski definition) is 1. The zero-order valence-electron chi connectivity index (χ0n) is 9.45. The van der Waals surface area contributed by atoms with Crippen molar-refractivity contribution >= 4 is 27.3 Å². The molecule has 2 fully saturated rings. The van der Waals surface area contributed by atoms with Gasteiger partial charge >= 0.3 is 0 Å². The van der Waals surface area contributed by atoms with Crippen molar-refractivity contribution in [2.75, 3.05) is 19.6 Å². The van der Waals surface area contributed by atoms with Gasteiger partial charge in [-0.1, -0.05) is 0 Å². The third-order valence-corrected chi connectivity index (χ3v) is 6.01. The van der Waals surface area contributed by atoms with Gasteiger partial charge in [0.25, 0.3) is 0 Å². The van der Waals surface area contributed by atoms with Gasteiger partial charge < -0.3 is 5.32 Å². The molecule has 0 spiro atoms. The van der Waals surface area contributed by atoms with E-state index in [0.29, 0.717) is 0 Å². The summed E-state index contributed by atoms with van der Waals surface area (Å²) in [6, 6.07) is 2.89. The molecule has 3 atom stereocenters. The van der Waals surface area contributed by atoms with Gasteiger partial charge in [-0.2, -0.15) is 0 Å². The zero-order valence-corrected chi connectivity index (χ0v) is 11.9. The fraction of sp³-hybridized carbons (Fsp3) is 0.667. The lowest BCUT2D eigenvalue weighted by molar-refractivity contribution is 0.233. The van der Waals surface area contributed by atoms with Crippen molar-refractivity contribution in [1.29, 1.82) is 0 Å². The Kier molecular flexibility index (Phi) is 3.09. The minimum atomic E-state index is 0.731. The second-order valence-corrected chi connectivity index (χ2v) is 6.80. The number of likely N-dealkylation sites (tertiary alicyclic amines) is 1. The summed E-state index contributed by atoms with van der Waals surface area (Å²) < 4.78 is 1.28. The summed E-state index contributed by atoms with van der Waals surface area (Å²) in [5, 5.41) is 5.68.